The maximum atomic E-state index is 12.2. The summed E-state index contributed by atoms with van der Waals surface area (Å²) in [5.74, 6) is -0.0491. The van der Waals surface area contributed by atoms with Crippen LogP contribution >= 0.6 is 0 Å². The second-order valence-corrected chi connectivity index (χ2v) is 6.99. The second-order valence-electron chi connectivity index (χ2n) is 6.99. The van der Waals surface area contributed by atoms with E-state index in [1.54, 1.807) is 10.8 Å². The van der Waals surface area contributed by atoms with Gasteiger partial charge in [0.1, 0.15) is 6.07 Å². The molecule has 118 valence electrons. The van der Waals surface area contributed by atoms with Crippen molar-refractivity contribution in [1.29, 1.82) is 5.26 Å². The molecule has 1 atom stereocenters. The summed E-state index contributed by atoms with van der Waals surface area (Å²) < 4.78 is 1.78. The second kappa shape index (κ2) is 5.51. The standard InChI is InChI=1S/C17H19N5O/c1-17(2,3)10-22-14-5-4-11(8-12(14)21-16(22)23)15-13(9-18)19-6-7-20-15/h5-8,11H,4,10H2,1-3H3,(H,21,23). The molecule has 3 rings (SSSR count). The minimum atomic E-state index is -0.0993. The van der Waals surface area contributed by atoms with Crippen molar-refractivity contribution in [2.24, 2.45) is 5.41 Å². The minimum absolute atomic E-state index is 0.0172. The summed E-state index contributed by atoms with van der Waals surface area (Å²) in [6.45, 7) is 6.97. The highest BCUT2D eigenvalue weighted by atomic mass is 16.1. The Morgan fingerprint density at radius 2 is 2.13 bits per heavy atom. The zero-order valence-corrected chi connectivity index (χ0v) is 13.5. The third-order valence-electron chi connectivity index (χ3n) is 3.80. The highest BCUT2D eigenvalue weighted by molar-refractivity contribution is 5.47. The lowest BCUT2D eigenvalue weighted by Crippen LogP contribution is -2.37. The van der Waals surface area contributed by atoms with Gasteiger partial charge in [-0.3, -0.25) is 9.55 Å². The number of nitriles is 1. The van der Waals surface area contributed by atoms with Gasteiger partial charge < -0.3 is 4.98 Å². The number of aromatic amines is 1. The van der Waals surface area contributed by atoms with Crippen LogP contribution in [0.1, 0.15) is 44.5 Å². The SMILES string of the molecule is CC(C)(C)Cn1c(=O)[nH]c2c1=CCC(c1nccnc1C#N)C=2. The number of H-pyrrole nitrogens is 1. The maximum absolute atomic E-state index is 12.2. The van der Waals surface area contributed by atoms with E-state index >= 15 is 0 Å². The molecule has 0 bridgehead atoms. The number of hydrogen-bond donors (Lipinski definition) is 1. The molecule has 6 heteroatoms. The largest absolute Gasteiger partial charge is 0.326 e. The van der Waals surface area contributed by atoms with Crippen LogP contribution in [0.5, 0.6) is 0 Å². The molecule has 1 aliphatic carbocycles. The van der Waals surface area contributed by atoms with E-state index in [0.717, 1.165) is 10.7 Å². The molecule has 2 aromatic heterocycles. The van der Waals surface area contributed by atoms with E-state index in [2.05, 4.69) is 41.8 Å². The summed E-state index contributed by atoms with van der Waals surface area (Å²) in [4.78, 5) is 23.5. The molecule has 2 heterocycles. The van der Waals surface area contributed by atoms with Crippen LogP contribution < -0.4 is 16.4 Å². The first-order chi connectivity index (χ1) is 10.9. The van der Waals surface area contributed by atoms with Gasteiger partial charge >= 0.3 is 5.69 Å². The molecular weight excluding hydrogens is 290 g/mol. The first-order valence-electron chi connectivity index (χ1n) is 7.61. The Morgan fingerprint density at radius 1 is 1.39 bits per heavy atom. The van der Waals surface area contributed by atoms with Crippen molar-refractivity contribution < 1.29 is 0 Å². The van der Waals surface area contributed by atoms with Crippen LogP contribution in [-0.4, -0.2) is 19.5 Å². The fourth-order valence-electron chi connectivity index (χ4n) is 2.88. The molecule has 0 saturated carbocycles. The van der Waals surface area contributed by atoms with Gasteiger partial charge in [0.2, 0.25) is 0 Å². The van der Waals surface area contributed by atoms with E-state index in [1.165, 1.54) is 6.20 Å². The molecule has 1 aliphatic rings. The van der Waals surface area contributed by atoms with E-state index in [9.17, 15) is 10.1 Å². The van der Waals surface area contributed by atoms with Gasteiger partial charge in [-0.05, 0) is 17.9 Å². The molecule has 0 fully saturated rings. The Morgan fingerprint density at radius 3 is 2.83 bits per heavy atom. The molecular formula is C17H19N5O. The Labute approximate surface area is 133 Å². The number of hydrogen-bond acceptors (Lipinski definition) is 4. The van der Waals surface area contributed by atoms with Gasteiger partial charge in [-0.2, -0.15) is 5.26 Å². The third-order valence-corrected chi connectivity index (χ3v) is 3.80. The van der Waals surface area contributed by atoms with E-state index in [0.29, 0.717) is 24.4 Å². The highest BCUT2D eigenvalue weighted by Gasteiger charge is 2.20. The summed E-state index contributed by atoms with van der Waals surface area (Å²) in [5.41, 5.74) is 0.907. The molecule has 1 unspecified atom stereocenters. The monoisotopic (exact) mass is 309 g/mol. The van der Waals surface area contributed by atoms with Crippen LogP contribution in [0, 0.1) is 16.7 Å². The normalized spacial score (nSPS) is 16.9. The fourth-order valence-corrected chi connectivity index (χ4v) is 2.88. The van der Waals surface area contributed by atoms with E-state index < -0.39 is 0 Å². The van der Waals surface area contributed by atoms with Gasteiger partial charge in [0, 0.05) is 24.9 Å². The van der Waals surface area contributed by atoms with Gasteiger partial charge in [-0.25, -0.2) is 9.78 Å². The smallest absolute Gasteiger partial charge is 0.306 e. The van der Waals surface area contributed by atoms with Gasteiger partial charge in [0.25, 0.3) is 0 Å². The number of nitrogens with zero attached hydrogens (tertiary/aromatic N) is 4. The molecule has 0 aromatic carbocycles. The maximum Gasteiger partial charge on any atom is 0.326 e. The predicted octanol–water partition coefficient (Wildman–Crippen LogP) is 0.633. The average Bonchev–Trinajstić information content (AvgIpc) is 2.80. The lowest BCUT2D eigenvalue weighted by Gasteiger charge is -2.19. The Balaban J connectivity index is 2.08. The average molecular weight is 309 g/mol. The molecule has 1 N–H and O–H groups in total. The summed E-state index contributed by atoms with van der Waals surface area (Å²) in [5, 5.41) is 10.9. The molecule has 0 saturated heterocycles. The summed E-state index contributed by atoms with van der Waals surface area (Å²) >= 11 is 0. The van der Waals surface area contributed by atoms with Crippen molar-refractivity contribution in [2.45, 2.75) is 39.7 Å². The molecule has 0 radical (unpaired) electrons. The van der Waals surface area contributed by atoms with Crippen molar-refractivity contribution in [1.82, 2.24) is 19.5 Å². The quantitative estimate of drug-likeness (QED) is 0.881. The first kappa shape index (κ1) is 15.2. The van der Waals surface area contributed by atoms with Gasteiger partial charge in [-0.15, -0.1) is 0 Å². The topological polar surface area (TPSA) is 87.4 Å². The molecule has 2 aromatic rings. The zero-order chi connectivity index (χ0) is 16.6. The number of nitrogens with one attached hydrogen (secondary N) is 1. The first-order valence-corrected chi connectivity index (χ1v) is 7.61. The van der Waals surface area contributed by atoms with Crippen LogP contribution in [0.4, 0.5) is 0 Å². The summed E-state index contributed by atoms with van der Waals surface area (Å²) in [6, 6.07) is 2.08. The highest BCUT2D eigenvalue weighted by Crippen LogP contribution is 2.23. The van der Waals surface area contributed by atoms with Crippen molar-refractivity contribution >= 4 is 12.2 Å². The van der Waals surface area contributed by atoms with Gasteiger partial charge in [0.05, 0.1) is 16.4 Å². The van der Waals surface area contributed by atoms with Crippen molar-refractivity contribution in [2.75, 3.05) is 0 Å². The van der Waals surface area contributed by atoms with E-state index in [4.69, 9.17) is 0 Å². The summed E-state index contributed by atoms with van der Waals surface area (Å²) in [7, 11) is 0. The van der Waals surface area contributed by atoms with Crippen LogP contribution in [0.3, 0.4) is 0 Å². The molecule has 6 nitrogen and oxygen atoms in total. The van der Waals surface area contributed by atoms with Crippen LogP contribution in [0.25, 0.3) is 12.2 Å². The summed E-state index contributed by atoms with van der Waals surface area (Å²) in [6.07, 6.45) is 7.82. The molecule has 23 heavy (non-hydrogen) atoms. The van der Waals surface area contributed by atoms with Crippen LogP contribution in [-0.2, 0) is 6.54 Å². The van der Waals surface area contributed by atoms with E-state index in [-0.39, 0.29) is 17.0 Å². The van der Waals surface area contributed by atoms with Gasteiger partial charge in [0.15, 0.2) is 5.69 Å². The lowest BCUT2D eigenvalue weighted by atomic mass is 9.95. The Kier molecular flexibility index (Phi) is 3.64. The van der Waals surface area contributed by atoms with Crippen molar-refractivity contribution in [3.63, 3.8) is 0 Å². The van der Waals surface area contributed by atoms with Gasteiger partial charge in [-0.1, -0.05) is 26.8 Å². The Hall–Kier alpha value is -2.68. The van der Waals surface area contributed by atoms with E-state index in [1.807, 2.05) is 12.2 Å². The van der Waals surface area contributed by atoms with Crippen LogP contribution in [0.15, 0.2) is 17.2 Å². The number of aromatic nitrogens is 4. The van der Waals surface area contributed by atoms with Crippen molar-refractivity contribution in [3.8, 4) is 6.07 Å². The lowest BCUT2D eigenvalue weighted by molar-refractivity contribution is 0.335. The van der Waals surface area contributed by atoms with Crippen molar-refractivity contribution in [3.05, 3.63) is 45.0 Å². The Bertz CT molecular complexity index is 953. The third kappa shape index (κ3) is 2.95. The van der Waals surface area contributed by atoms with Crippen LogP contribution in [0.2, 0.25) is 0 Å². The molecule has 0 aliphatic heterocycles. The predicted molar refractivity (Wildman–Crippen MR) is 86.8 cm³/mol. The number of fused-ring (bicyclic) bond motifs is 1. The molecule has 0 amide bonds. The minimum Gasteiger partial charge on any atom is -0.306 e. The molecule has 0 spiro atoms. The zero-order valence-electron chi connectivity index (χ0n) is 13.5. The number of imidazole rings is 1. The number of rotatable bonds is 2. The fraction of sp³-hybridized carbons (Fsp3) is 0.412.